The highest BCUT2D eigenvalue weighted by Crippen LogP contribution is 2.22. The van der Waals surface area contributed by atoms with E-state index in [9.17, 15) is 9.90 Å². The fourth-order valence-electron chi connectivity index (χ4n) is 3.16. The van der Waals surface area contributed by atoms with Crippen LogP contribution in [-0.4, -0.2) is 35.9 Å². The standard InChI is InChI=1S/C21H25NO3/c1-16(22-20(23)21(24)11-13-25-14-12-21)15-17-7-9-19(10-8-17)18-5-3-2-4-6-18/h2-10,16,24H,11-15H2,1H3,(H,22,23)/t16-/m1/s1. The average Bonchev–Trinajstić information content (AvgIpc) is 2.63. The Hall–Kier alpha value is -2.17. The van der Waals surface area contributed by atoms with Gasteiger partial charge in [-0.1, -0.05) is 54.6 Å². The molecule has 1 fully saturated rings. The molecule has 1 aliphatic heterocycles. The Labute approximate surface area is 148 Å². The highest BCUT2D eigenvalue weighted by Gasteiger charge is 2.38. The van der Waals surface area contributed by atoms with Crippen LogP contribution in [0.3, 0.4) is 0 Å². The summed E-state index contributed by atoms with van der Waals surface area (Å²) >= 11 is 0. The van der Waals surface area contributed by atoms with Gasteiger partial charge in [-0.15, -0.1) is 0 Å². The predicted molar refractivity (Wildman–Crippen MR) is 98.2 cm³/mol. The van der Waals surface area contributed by atoms with Crippen molar-refractivity contribution in [2.75, 3.05) is 13.2 Å². The van der Waals surface area contributed by atoms with E-state index in [1.165, 1.54) is 11.1 Å². The molecule has 0 spiro atoms. The summed E-state index contributed by atoms with van der Waals surface area (Å²) in [6.07, 6.45) is 1.45. The molecule has 2 aromatic rings. The lowest BCUT2D eigenvalue weighted by Gasteiger charge is -2.31. The van der Waals surface area contributed by atoms with Crippen molar-refractivity contribution in [3.05, 3.63) is 60.2 Å². The Kier molecular flexibility index (Phi) is 5.51. The molecule has 4 nitrogen and oxygen atoms in total. The number of benzene rings is 2. The van der Waals surface area contributed by atoms with E-state index in [0.29, 0.717) is 26.1 Å². The normalized spacial score (nSPS) is 17.7. The molecule has 4 heteroatoms. The van der Waals surface area contributed by atoms with Crippen molar-refractivity contribution in [1.29, 1.82) is 0 Å². The Morgan fingerprint density at radius 3 is 2.32 bits per heavy atom. The van der Waals surface area contributed by atoms with Gasteiger partial charge in [-0.05, 0) is 30.0 Å². The number of carbonyl (C=O) groups excluding carboxylic acids is 1. The third kappa shape index (κ3) is 4.47. The number of ether oxygens (including phenoxy) is 1. The molecule has 2 N–H and O–H groups in total. The van der Waals surface area contributed by atoms with E-state index in [1.807, 2.05) is 25.1 Å². The monoisotopic (exact) mass is 339 g/mol. The maximum atomic E-state index is 12.3. The van der Waals surface area contributed by atoms with Crippen molar-refractivity contribution >= 4 is 5.91 Å². The van der Waals surface area contributed by atoms with Crippen LogP contribution in [0.5, 0.6) is 0 Å². The number of aliphatic hydroxyl groups is 1. The summed E-state index contributed by atoms with van der Waals surface area (Å²) in [5, 5.41) is 13.4. The lowest BCUT2D eigenvalue weighted by Crippen LogP contribution is -2.52. The Balaban J connectivity index is 1.57. The number of amides is 1. The van der Waals surface area contributed by atoms with Crippen LogP contribution < -0.4 is 5.32 Å². The van der Waals surface area contributed by atoms with E-state index in [1.54, 1.807) is 0 Å². The van der Waals surface area contributed by atoms with Gasteiger partial charge in [-0.3, -0.25) is 4.79 Å². The molecule has 25 heavy (non-hydrogen) atoms. The number of hydrogen-bond donors (Lipinski definition) is 2. The number of nitrogens with one attached hydrogen (secondary N) is 1. The highest BCUT2D eigenvalue weighted by atomic mass is 16.5. The van der Waals surface area contributed by atoms with Crippen LogP contribution in [0, 0.1) is 0 Å². The van der Waals surface area contributed by atoms with E-state index >= 15 is 0 Å². The maximum Gasteiger partial charge on any atom is 0.252 e. The van der Waals surface area contributed by atoms with Crippen LogP contribution in [0.2, 0.25) is 0 Å². The van der Waals surface area contributed by atoms with Gasteiger partial charge in [-0.2, -0.15) is 0 Å². The molecule has 0 unspecified atom stereocenters. The SMILES string of the molecule is C[C@H](Cc1ccc(-c2ccccc2)cc1)NC(=O)C1(O)CCOCC1. The van der Waals surface area contributed by atoms with Gasteiger partial charge >= 0.3 is 0 Å². The summed E-state index contributed by atoms with van der Waals surface area (Å²) in [5.74, 6) is -0.288. The van der Waals surface area contributed by atoms with Gasteiger partial charge < -0.3 is 15.2 Å². The molecule has 0 aromatic heterocycles. The fourth-order valence-corrected chi connectivity index (χ4v) is 3.16. The van der Waals surface area contributed by atoms with Crippen molar-refractivity contribution in [2.24, 2.45) is 0 Å². The smallest absolute Gasteiger partial charge is 0.252 e. The molecule has 0 saturated carbocycles. The zero-order valence-corrected chi connectivity index (χ0v) is 14.6. The van der Waals surface area contributed by atoms with E-state index in [-0.39, 0.29) is 11.9 Å². The molecule has 1 amide bonds. The van der Waals surface area contributed by atoms with Gasteiger partial charge in [0.05, 0.1) is 0 Å². The zero-order chi connectivity index (χ0) is 17.7. The Morgan fingerprint density at radius 1 is 1.08 bits per heavy atom. The van der Waals surface area contributed by atoms with Crippen LogP contribution in [0.1, 0.15) is 25.3 Å². The van der Waals surface area contributed by atoms with Gasteiger partial charge in [0, 0.05) is 32.1 Å². The number of carbonyl (C=O) groups is 1. The molecule has 1 heterocycles. The lowest BCUT2D eigenvalue weighted by molar-refractivity contribution is -0.150. The van der Waals surface area contributed by atoms with E-state index in [2.05, 4.69) is 41.7 Å². The van der Waals surface area contributed by atoms with Crippen LogP contribution in [0.25, 0.3) is 11.1 Å². The van der Waals surface area contributed by atoms with Crippen molar-refractivity contribution in [3.63, 3.8) is 0 Å². The fraction of sp³-hybridized carbons (Fsp3) is 0.381. The minimum Gasteiger partial charge on any atom is -0.381 e. The molecular weight excluding hydrogens is 314 g/mol. The first-order chi connectivity index (χ1) is 12.1. The second-order valence-electron chi connectivity index (χ2n) is 6.79. The molecule has 1 saturated heterocycles. The van der Waals surface area contributed by atoms with Gasteiger partial charge in [0.2, 0.25) is 0 Å². The van der Waals surface area contributed by atoms with E-state index < -0.39 is 5.60 Å². The predicted octanol–water partition coefficient (Wildman–Crippen LogP) is 2.94. The zero-order valence-electron chi connectivity index (χ0n) is 14.6. The first kappa shape index (κ1) is 17.6. The van der Waals surface area contributed by atoms with Crippen LogP contribution >= 0.6 is 0 Å². The molecule has 0 aliphatic carbocycles. The molecule has 1 aliphatic rings. The number of hydrogen-bond acceptors (Lipinski definition) is 3. The van der Waals surface area contributed by atoms with Crippen molar-refractivity contribution < 1.29 is 14.6 Å². The molecule has 2 aromatic carbocycles. The Bertz CT molecular complexity index is 691. The summed E-state index contributed by atoms with van der Waals surface area (Å²) in [5.41, 5.74) is 2.24. The average molecular weight is 339 g/mol. The largest absolute Gasteiger partial charge is 0.381 e. The minimum absolute atomic E-state index is 0.0399. The van der Waals surface area contributed by atoms with Gasteiger partial charge in [0.15, 0.2) is 0 Å². The molecule has 3 rings (SSSR count). The Morgan fingerprint density at radius 2 is 1.68 bits per heavy atom. The van der Waals surface area contributed by atoms with Crippen LogP contribution in [0.4, 0.5) is 0 Å². The van der Waals surface area contributed by atoms with Gasteiger partial charge in [0.1, 0.15) is 5.60 Å². The van der Waals surface area contributed by atoms with Gasteiger partial charge in [0.25, 0.3) is 5.91 Å². The first-order valence-electron chi connectivity index (χ1n) is 8.82. The molecule has 0 radical (unpaired) electrons. The summed E-state index contributed by atoms with van der Waals surface area (Å²) < 4.78 is 5.22. The van der Waals surface area contributed by atoms with Crippen molar-refractivity contribution in [2.45, 2.75) is 37.8 Å². The third-order valence-electron chi connectivity index (χ3n) is 4.72. The van der Waals surface area contributed by atoms with Crippen molar-refractivity contribution in [1.82, 2.24) is 5.32 Å². The summed E-state index contributed by atoms with van der Waals surface area (Å²) in [7, 11) is 0. The van der Waals surface area contributed by atoms with Crippen LogP contribution in [0.15, 0.2) is 54.6 Å². The van der Waals surface area contributed by atoms with Crippen LogP contribution in [-0.2, 0) is 16.0 Å². The third-order valence-corrected chi connectivity index (χ3v) is 4.72. The lowest BCUT2D eigenvalue weighted by atomic mass is 9.92. The molecular formula is C21H25NO3. The quantitative estimate of drug-likeness (QED) is 0.880. The van der Waals surface area contributed by atoms with Gasteiger partial charge in [-0.25, -0.2) is 0 Å². The minimum atomic E-state index is -1.29. The van der Waals surface area contributed by atoms with E-state index in [0.717, 1.165) is 12.0 Å². The molecule has 0 bridgehead atoms. The highest BCUT2D eigenvalue weighted by molar-refractivity contribution is 5.85. The summed E-state index contributed by atoms with van der Waals surface area (Å²) in [6.45, 7) is 2.82. The summed E-state index contributed by atoms with van der Waals surface area (Å²) in [4.78, 5) is 12.3. The second-order valence-corrected chi connectivity index (χ2v) is 6.79. The molecule has 132 valence electrons. The first-order valence-corrected chi connectivity index (χ1v) is 8.82. The molecule has 1 atom stereocenters. The maximum absolute atomic E-state index is 12.3. The topological polar surface area (TPSA) is 58.6 Å². The van der Waals surface area contributed by atoms with Crippen molar-refractivity contribution in [3.8, 4) is 11.1 Å². The number of rotatable bonds is 5. The van der Waals surface area contributed by atoms with E-state index in [4.69, 9.17) is 4.74 Å². The summed E-state index contributed by atoms with van der Waals surface area (Å²) in [6, 6.07) is 18.6. The second kappa shape index (κ2) is 7.81.